The quantitative estimate of drug-likeness (QED) is 0.677. The summed E-state index contributed by atoms with van der Waals surface area (Å²) in [5.74, 6) is 0. The van der Waals surface area contributed by atoms with Gasteiger partial charge in [0.05, 0.1) is 18.2 Å². The second-order valence-electron chi connectivity index (χ2n) is 3.56. The molecule has 0 unspecified atom stereocenters. The van der Waals surface area contributed by atoms with Crippen LogP contribution < -0.4 is 5.32 Å². The van der Waals surface area contributed by atoms with Crippen LogP contribution in [0.15, 0.2) is 18.2 Å². The third-order valence-corrected chi connectivity index (χ3v) is 2.60. The van der Waals surface area contributed by atoms with Crippen LogP contribution in [0.4, 0.5) is 0 Å². The summed E-state index contributed by atoms with van der Waals surface area (Å²) in [5, 5.41) is 20.9. The molecule has 1 aromatic rings. The zero-order valence-electron chi connectivity index (χ0n) is 7.83. The molecule has 1 atom stereocenters. The van der Waals surface area contributed by atoms with Crippen molar-refractivity contribution in [3.63, 3.8) is 0 Å². The zero-order valence-corrected chi connectivity index (χ0v) is 7.83. The molecule has 1 aromatic carbocycles. The van der Waals surface area contributed by atoms with Crippen molar-refractivity contribution in [1.82, 2.24) is 5.32 Å². The van der Waals surface area contributed by atoms with Crippen molar-refractivity contribution in [2.75, 3.05) is 6.61 Å². The Labute approximate surface area is 83.0 Å². The van der Waals surface area contributed by atoms with Crippen molar-refractivity contribution in [3.8, 4) is 6.07 Å². The van der Waals surface area contributed by atoms with Crippen LogP contribution >= 0.6 is 0 Å². The Morgan fingerprint density at radius 3 is 3.07 bits per heavy atom. The lowest BCUT2D eigenvalue weighted by Gasteiger charge is -2.24. The SMILES string of the molecule is N#Cc1ccc2c(c1)CN[C@H](CO)C2. The lowest BCUT2D eigenvalue weighted by Crippen LogP contribution is -2.38. The van der Waals surface area contributed by atoms with Crippen LogP contribution in [0.2, 0.25) is 0 Å². The van der Waals surface area contributed by atoms with Crippen LogP contribution in [0.1, 0.15) is 16.7 Å². The summed E-state index contributed by atoms with van der Waals surface area (Å²) in [6, 6.07) is 8.02. The van der Waals surface area contributed by atoms with Crippen molar-refractivity contribution in [2.45, 2.75) is 19.0 Å². The van der Waals surface area contributed by atoms with E-state index in [1.807, 2.05) is 18.2 Å². The lowest BCUT2D eigenvalue weighted by atomic mass is 9.95. The Balaban J connectivity index is 2.29. The second kappa shape index (κ2) is 3.79. The van der Waals surface area contributed by atoms with E-state index in [9.17, 15) is 0 Å². The number of benzene rings is 1. The first-order valence-electron chi connectivity index (χ1n) is 4.69. The molecule has 0 bridgehead atoms. The minimum Gasteiger partial charge on any atom is -0.395 e. The highest BCUT2D eigenvalue weighted by molar-refractivity contribution is 5.39. The number of nitrogens with zero attached hydrogens (tertiary/aromatic N) is 1. The minimum atomic E-state index is 0.162. The summed E-state index contributed by atoms with van der Waals surface area (Å²) >= 11 is 0. The molecule has 0 fully saturated rings. The van der Waals surface area contributed by atoms with Gasteiger partial charge in [0.2, 0.25) is 0 Å². The molecular formula is C11H12N2O. The lowest BCUT2D eigenvalue weighted by molar-refractivity contribution is 0.236. The standard InChI is InChI=1S/C11H12N2O/c12-5-8-1-2-9-4-11(7-14)13-6-10(9)3-8/h1-3,11,13-14H,4,6-7H2/t11-/m0/s1. The molecule has 0 amide bonds. The predicted octanol–water partition coefficient (Wildman–Crippen LogP) is 0.565. The molecule has 0 spiro atoms. The van der Waals surface area contributed by atoms with Crippen LogP contribution in [0, 0.1) is 11.3 Å². The summed E-state index contributed by atoms with van der Waals surface area (Å²) < 4.78 is 0. The third kappa shape index (κ3) is 1.63. The van der Waals surface area contributed by atoms with E-state index >= 15 is 0 Å². The van der Waals surface area contributed by atoms with Gasteiger partial charge in [0, 0.05) is 12.6 Å². The number of nitriles is 1. The van der Waals surface area contributed by atoms with E-state index in [2.05, 4.69) is 11.4 Å². The maximum Gasteiger partial charge on any atom is 0.0991 e. The second-order valence-corrected chi connectivity index (χ2v) is 3.56. The van der Waals surface area contributed by atoms with Crippen molar-refractivity contribution < 1.29 is 5.11 Å². The number of hydrogen-bond acceptors (Lipinski definition) is 3. The predicted molar refractivity (Wildman–Crippen MR) is 52.6 cm³/mol. The van der Waals surface area contributed by atoms with Crippen molar-refractivity contribution in [1.29, 1.82) is 5.26 Å². The van der Waals surface area contributed by atoms with Crippen LogP contribution in [0.25, 0.3) is 0 Å². The molecule has 0 saturated carbocycles. The van der Waals surface area contributed by atoms with E-state index in [-0.39, 0.29) is 12.6 Å². The first-order chi connectivity index (χ1) is 6.83. The highest BCUT2D eigenvalue weighted by Crippen LogP contribution is 2.17. The van der Waals surface area contributed by atoms with Gasteiger partial charge in [0.25, 0.3) is 0 Å². The third-order valence-electron chi connectivity index (χ3n) is 2.60. The van der Waals surface area contributed by atoms with Crippen molar-refractivity contribution in [2.24, 2.45) is 0 Å². The summed E-state index contributed by atoms with van der Waals surface area (Å²) in [6.45, 7) is 0.912. The molecular weight excluding hydrogens is 176 g/mol. The normalized spacial score (nSPS) is 19.9. The number of hydrogen-bond donors (Lipinski definition) is 2. The van der Waals surface area contributed by atoms with Gasteiger partial charge in [-0.15, -0.1) is 0 Å². The average Bonchev–Trinajstić information content (AvgIpc) is 2.27. The Bertz CT molecular complexity index is 381. The van der Waals surface area contributed by atoms with Crippen molar-refractivity contribution in [3.05, 3.63) is 34.9 Å². The molecule has 3 heteroatoms. The van der Waals surface area contributed by atoms with Crippen LogP contribution in [0.5, 0.6) is 0 Å². The van der Waals surface area contributed by atoms with Gasteiger partial charge in [-0.3, -0.25) is 0 Å². The monoisotopic (exact) mass is 188 g/mol. The molecule has 1 aliphatic heterocycles. The van der Waals surface area contributed by atoms with E-state index in [0.29, 0.717) is 5.56 Å². The van der Waals surface area contributed by atoms with Gasteiger partial charge in [-0.05, 0) is 29.7 Å². The average molecular weight is 188 g/mol. The molecule has 0 aromatic heterocycles. The Kier molecular flexibility index (Phi) is 2.49. The van der Waals surface area contributed by atoms with Gasteiger partial charge in [-0.1, -0.05) is 6.07 Å². The maximum atomic E-state index is 9.00. The highest BCUT2D eigenvalue weighted by atomic mass is 16.3. The summed E-state index contributed by atoms with van der Waals surface area (Å²) in [7, 11) is 0. The molecule has 1 heterocycles. The number of fused-ring (bicyclic) bond motifs is 1. The van der Waals surface area contributed by atoms with Gasteiger partial charge in [0.1, 0.15) is 0 Å². The molecule has 14 heavy (non-hydrogen) atoms. The molecule has 3 nitrogen and oxygen atoms in total. The topological polar surface area (TPSA) is 56.0 Å². The molecule has 2 N–H and O–H groups in total. The van der Waals surface area contributed by atoms with E-state index < -0.39 is 0 Å². The first kappa shape index (κ1) is 9.20. The number of aliphatic hydroxyl groups excluding tert-OH is 1. The zero-order chi connectivity index (χ0) is 9.97. The number of rotatable bonds is 1. The molecule has 0 aliphatic carbocycles. The van der Waals surface area contributed by atoms with Gasteiger partial charge in [-0.2, -0.15) is 5.26 Å². The van der Waals surface area contributed by atoms with Crippen LogP contribution in [-0.2, 0) is 13.0 Å². The fraction of sp³-hybridized carbons (Fsp3) is 0.364. The Morgan fingerprint density at radius 2 is 2.36 bits per heavy atom. The summed E-state index contributed by atoms with van der Waals surface area (Å²) in [6.07, 6.45) is 0.845. The van der Waals surface area contributed by atoms with Crippen LogP contribution in [0.3, 0.4) is 0 Å². The largest absolute Gasteiger partial charge is 0.395 e. The van der Waals surface area contributed by atoms with E-state index in [1.165, 1.54) is 11.1 Å². The van der Waals surface area contributed by atoms with Gasteiger partial charge < -0.3 is 10.4 Å². The van der Waals surface area contributed by atoms with E-state index in [4.69, 9.17) is 10.4 Å². The van der Waals surface area contributed by atoms with Gasteiger partial charge >= 0.3 is 0 Å². The summed E-state index contributed by atoms with van der Waals surface area (Å²) in [4.78, 5) is 0. The first-order valence-corrected chi connectivity index (χ1v) is 4.69. The Hall–Kier alpha value is -1.37. The molecule has 1 aliphatic rings. The smallest absolute Gasteiger partial charge is 0.0991 e. The summed E-state index contributed by atoms with van der Waals surface area (Å²) in [5.41, 5.74) is 3.11. The fourth-order valence-electron chi connectivity index (χ4n) is 1.78. The van der Waals surface area contributed by atoms with Crippen LogP contribution in [-0.4, -0.2) is 17.8 Å². The van der Waals surface area contributed by atoms with Crippen molar-refractivity contribution >= 4 is 0 Å². The Morgan fingerprint density at radius 1 is 1.50 bits per heavy atom. The molecule has 0 radical (unpaired) electrons. The van der Waals surface area contributed by atoms with E-state index in [0.717, 1.165) is 13.0 Å². The molecule has 72 valence electrons. The number of nitrogens with one attached hydrogen (secondary N) is 1. The van der Waals surface area contributed by atoms with Gasteiger partial charge in [-0.25, -0.2) is 0 Å². The van der Waals surface area contributed by atoms with E-state index in [1.54, 1.807) is 0 Å². The molecule has 0 saturated heterocycles. The number of aliphatic hydroxyl groups is 1. The molecule has 2 rings (SSSR count). The highest BCUT2D eigenvalue weighted by Gasteiger charge is 2.16. The maximum absolute atomic E-state index is 9.00. The fourth-order valence-corrected chi connectivity index (χ4v) is 1.78. The minimum absolute atomic E-state index is 0.162. The van der Waals surface area contributed by atoms with Gasteiger partial charge in [0.15, 0.2) is 0 Å².